The van der Waals surface area contributed by atoms with Gasteiger partial charge in [-0.15, -0.1) is 45.3 Å². The Morgan fingerprint density at radius 1 is 0.224 bits per heavy atom. The Hall–Kier alpha value is -6.14. The van der Waals surface area contributed by atoms with E-state index in [1.807, 2.05) is 22.7 Å². The van der Waals surface area contributed by atoms with E-state index < -0.39 is 0 Å². The van der Waals surface area contributed by atoms with Gasteiger partial charge in [0.15, 0.2) is 0 Å². The third-order valence-electron chi connectivity index (χ3n) is 11.6. The maximum atomic E-state index is 2.39. The highest BCUT2D eigenvalue weighted by Crippen LogP contribution is 2.44. The van der Waals surface area contributed by atoms with E-state index in [1.54, 1.807) is 22.7 Å². The van der Waals surface area contributed by atoms with Crippen molar-refractivity contribution in [1.29, 1.82) is 0 Å². The summed E-state index contributed by atoms with van der Waals surface area (Å²) in [4.78, 5) is 5.21. The van der Waals surface area contributed by atoms with Gasteiger partial charge >= 0.3 is 0 Å². The van der Waals surface area contributed by atoms with Gasteiger partial charge in [0.25, 0.3) is 0 Å². The van der Waals surface area contributed by atoms with Crippen molar-refractivity contribution in [3.8, 4) is 64.0 Å². The fraction of sp³-hybridized carbons (Fsp3) is 0. The summed E-state index contributed by atoms with van der Waals surface area (Å²) in [5.41, 5.74) is 10.0. The average Bonchev–Trinajstić information content (AvgIpc) is 4.14. The summed E-state index contributed by atoms with van der Waals surface area (Å²) in [5.74, 6) is 0. The number of hydrogen-bond donors (Lipinski definition) is 0. The quantitative estimate of drug-likeness (QED) is 0.147. The van der Waals surface area contributed by atoms with Crippen molar-refractivity contribution in [2.75, 3.05) is 0 Å². The summed E-state index contributed by atoms with van der Waals surface area (Å²) in [6.07, 6.45) is 0. The summed E-state index contributed by atoms with van der Waals surface area (Å²) in [5, 5.41) is 14.8. The second-order valence-electron chi connectivity index (χ2n) is 14.9. The highest BCUT2D eigenvalue weighted by atomic mass is 32.1. The largest absolute Gasteiger partial charge is 0.144 e. The fourth-order valence-electron chi connectivity index (χ4n) is 8.56. The highest BCUT2D eigenvalue weighted by Gasteiger charge is 2.14. The minimum absolute atomic E-state index is 1.24. The molecule has 0 bridgehead atoms. The van der Waals surface area contributed by atoms with Crippen molar-refractivity contribution >= 4 is 97.8 Å². The molecule has 4 heteroatoms. The second-order valence-corrected chi connectivity index (χ2v) is 18.9. The van der Waals surface area contributed by atoms with E-state index >= 15 is 0 Å². The maximum absolute atomic E-state index is 2.39. The first-order valence-electron chi connectivity index (χ1n) is 19.4. The van der Waals surface area contributed by atoms with Crippen LogP contribution in [0.15, 0.2) is 193 Å². The molecule has 0 aliphatic heterocycles. The molecule has 4 heterocycles. The summed E-state index contributed by atoms with van der Waals surface area (Å²) in [7, 11) is 0. The number of fused-ring (bicyclic) bond motifs is 9. The molecule has 0 spiro atoms. The van der Waals surface area contributed by atoms with Gasteiger partial charge in [-0.3, -0.25) is 0 Å². The molecule has 272 valence electrons. The van der Waals surface area contributed by atoms with Crippen molar-refractivity contribution in [1.82, 2.24) is 0 Å². The van der Waals surface area contributed by atoms with Gasteiger partial charge in [-0.1, -0.05) is 146 Å². The molecule has 0 fully saturated rings. The molecule has 0 radical (unpaired) electrons. The lowest BCUT2D eigenvalue weighted by atomic mass is 9.94. The maximum Gasteiger partial charge on any atom is 0.0355 e. The lowest BCUT2D eigenvalue weighted by Crippen LogP contribution is -1.82. The number of thiophene rings is 4. The van der Waals surface area contributed by atoms with E-state index in [-0.39, 0.29) is 0 Å². The zero-order valence-corrected chi connectivity index (χ0v) is 34.4. The first kappa shape index (κ1) is 33.9. The number of hydrogen-bond acceptors (Lipinski definition) is 4. The van der Waals surface area contributed by atoms with Gasteiger partial charge in [-0.25, -0.2) is 0 Å². The van der Waals surface area contributed by atoms with Crippen LogP contribution in [-0.4, -0.2) is 0 Å². The number of rotatable bonds is 6. The lowest BCUT2D eigenvalue weighted by molar-refractivity contribution is 1.62. The fourth-order valence-corrected chi connectivity index (χ4v) is 12.2. The molecule has 0 unspecified atom stereocenters. The second kappa shape index (κ2) is 13.8. The highest BCUT2D eigenvalue weighted by molar-refractivity contribution is 7.22. The van der Waals surface area contributed by atoms with E-state index in [9.17, 15) is 0 Å². The monoisotopic (exact) mass is 808 g/mol. The van der Waals surface area contributed by atoms with Crippen LogP contribution in [0.5, 0.6) is 0 Å². The molecular formula is C54H32S4. The Labute approximate surface area is 352 Å². The SMILES string of the molecule is c1csc(-c2ccc(-c3ccc(-c4cc5c(ccc6c5ccc5c7ccc8sc(-c9ccc(-c%10ccc(-c%11cccs%11)cc%10)cc9)cc8c7ccc65)s4)cc3)cc2)c1. The summed E-state index contributed by atoms with van der Waals surface area (Å²) >= 11 is 7.32. The molecule has 4 aromatic heterocycles. The van der Waals surface area contributed by atoms with E-state index in [2.05, 4.69) is 193 Å². The van der Waals surface area contributed by atoms with Gasteiger partial charge in [0, 0.05) is 39.7 Å². The summed E-state index contributed by atoms with van der Waals surface area (Å²) in [6, 6.07) is 68.0. The molecule has 0 amide bonds. The van der Waals surface area contributed by atoms with Gasteiger partial charge in [0.2, 0.25) is 0 Å². The molecule has 58 heavy (non-hydrogen) atoms. The van der Waals surface area contributed by atoms with E-state index in [1.165, 1.54) is 117 Å². The normalized spacial score (nSPS) is 11.8. The lowest BCUT2D eigenvalue weighted by Gasteiger charge is -2.09. The van der Waals surface area contributed by atoms with Crippen LogP contribution in [0.2, 0.25) is 0 Å². The van der Waals surface area contributed by atoms with Crippen LogP contribution >= 0.6 is 45.3 Å². The molecule has 0 aliphatic carbocycles. The molecular weight excluding hydrogens is 777 g/mol. The van der Waals surface area contributed by atoms with E-state index in [0.717, 1.165) is 0 Å². The van der Waals surface area contributed by atoms with E-state index in [0.29, 0.717) is 0 Å². The zero-order chi connectivity index (χ0) is 38.2. The van der Waals surface area contributed by atoms with Crippen molar-refractivity contribution in [2.45, 2.75) is 0 Å². The van der Waals surface area contributed by atoms with Crippen LogP contribution < -0.4 is 0 Å². The predicted octanol–water partition coefficient (Wildman–Crippen LogP) is 17.7. The standard InChI is InChI=1S/C54H32S4/c1-3-49(55-29-1)37-13-5-33(6-14-37)35-9-17-39(18-10-35)53-31-47-45-23-21-42-41(43(45)25-27-51(47)57-53)22-24-46-44(42)26-28-52-48(46)32-54(58-52)40-19-11-36(12-20-40)34-7-15-38(16-8-34)50-4-2-30-56-50/h1-32H. The Bertz CT molecular complexity index is 3200. The molecule has 0 atom stereocenters. The topological polar surface area (TPSA) is 0 Å². The minimum Gasteiger partial charge on any atom is -0.144 e. The average molecular weight is 809 g/mol. The number of benzene rings is 8. The molecule has 0 saturated carbocycles. The van der Waals surface area contributed by atoms with Crippen LogP contribution in [0, 0.1) is 0 Å². The third-order valence-corrected chi connectivity index (χ3v) is 15.7. The summed E-state index contributed by atoms with van der Waals surface area (Å²) in [6.45, 7) is 0. The van der Waals surface area contributed by atoms with Crippen LogP contribution in [0.25, 0.3) is 117 Å². The Morgan fingerprint density at radius 2 is 0.500 bits per heavy atom. The molecule has 0 nitrogen and oxygen atoms in total. The van der Waals surface area contributed by atoms with Crippen LogP contribution in [-0.2, 0) is 0 Å². The zero-order valence-electron chi connectivity index (χ0n) is 31.1. The first-order chi connectivity index (χ1) is 28.7. The Morgan fingerprint density at radius 3 is 0.810 bits per heavy atom. The molecule has 12 aromatic rings. The van der Waals surface area contributed by atoms with Crippen molar-refractivity contribution in [2.24, 2.45) is 0 Å². The Balaban J connectivity index is 0.844. The van der Waals surface area contributed by atoms with Gasteiger partial charge in [-0.2, -0.15) is 0 Å². The van der Waals surface area contributed by atoms with Crippen LogP contribution in [0.1, 0.15) is 0 Å². The van der Waals surface area contributed by atoms with Gasteiger partial charge in [0.05, 0.1) is 0 Å². The van der Waals surface area contributed by atoms with Gasteiger partial charge in [-0.05, 0) is 124 Å². The van der Waals surface area contributed by atoms with Crippen molar-refractivity contribution in [3.63, 3.8) is 0 Å². The molecule has 0 aliphatic rings. The Kier molecular flexibility index (Phi) is 8.05. The van der Waals surface area contributed by atoms with Crippen LogP contribution in [0.3, 0.4) is 0 Å². The summed E-state index contributed by atoms with van der Waals surface area (Å²) < 4.78 is 2.65. The van der Waals surface area contributed by atoms with Crippen LogP contribution in [0.4, 0.5) is 0 Å². The van der Waals surface area contributed by atoms with Crippen molar-refractivity contribution < 1.29 is 0 Å². The molecule has 8 aromatic carbocycles. The minimum atomic E-state index is 1.24. The van der Waals surface area contributed by atoms with E-state index in [4.69, 9.17) is 0 Å². The smallest absolute Gasteiger partial charge is 0.0355 e. The molecule has 0 N–H and O–H groups in total. The molecule has 12 rings (SSSR count). The molecule has 0 saturated heterocycles. The van der Waals surface area contributed by atoms with Crippen molar-refractivity contribution in [3.05, 3.63) is 193 Å². The third kappa shape index (κ3) is 5.75. The van der Waals surface area contributed by atoms with Gasteiger partial charge < -0.3 is 0 Å². The first-order valence-corrected chi connectivity index (χ1v) is 22.8. The van der Waals surface area contributed by atoms with Gasteiger partial charge in [0.1, 0.15) is 0 Å². The predicted molar refractivity (Wildman–Crippen MR) is 258 cm³/mol.